The number of hydrogen-bond donors (Lipinski definition) is 2. The summed E-state index contributed by atoms with van der Waals surface area (Å²) < 4.78 is 27.3. The van der Waals surface area contributed by atoms with Gasteiger partial charge >= 0.3 is 5.92 Å². The van der Waals surface area contributed by atoms with E-state index in [1.165, 1.54) is 25.4 Å². The highest BCUT2D eigenvalue weighted by atomic mass is 19.3. The van der Waals surface area contributed by atoms with Crippen molar-refractivity contribution in [2.75, 3.05) is 28.6 Å². The van der Waals surface area contributed by atoms with E-state index in [1.54, 1.807) is 18.5 Å². The van der Waals surface area contributed by atoms with Crippen LogP contribution in [0.5, 0.6) is 0 Å². The van der Waals surface area contributed by atoms with Crippen LogP contribution in [0.2, 0.25) is 0 Å². The number of nitrogens with zero attached hydrogens (tertiary/aromatic N) is 6. The Labute approximate surface area is 183 Å². The number of amides is 1. The zero-order valence-electron chi connectivity index (χ0n) is 17.6. The monoisotopic (exact) mass is 440 g/mol. The first kappa shape index (κ1) is 21.5. The molecule has 3 aromatic rings. The van der Waals surface area contributed by atoms with Crippen molar-refractivity contribution in [3.63, 3.8) is 0 Å². The molecule has 0 saturated carbocycles. The number of hydrogen-bond acceptors (Lipinski definition) is 8. The Morgan fingerprint density at radius 3 is 2.50 bits per heavy atom. The van der Waals surface area contributed by atoms with Crippen LogP contribution in [0.15, 0.2) is 36.9 Å². The van der Waals surface area contributed by atoms with Gasteiger partial charge in [0.1, 0.15) is 17.5 Å². The number of nitrogens with one attached hydrogen (secondary N) is 2. The summed E-state index contributed by atoms with van der Waals surface area (Å²) in [6, 6.07) is 3.05. The van der Waals surface area contributed by atoms with Gasteiger partial charge in [0.2, 0.25) is 11.7 Å². The molecule has 1 aliphatic heterocycles. The first-order valence-electron chi connectivity index (χ1n) is 10.1. The smallest absolute Gasteiger partial charge is 0.303 e. The van der Waals surface area contributed by atoms with E-state index in [1.807, 2.05) is 0 Å². The van der Waals surface area contributed by atoms with E-state index in [-0.39, 0.29) is 11.7 Å². The van der Waals surface area contributed by atoms with Crippen LogP contribution in [0.4, 0.5) is 31.9 Å². The lowest BCUT2D eigenvalue weighted by Gasteiger charge is -2.17. The maximum Gasteiger partial charge on any atom is 0.303 e. The fourth-order valence-electron chi connectivity index (χ4n) is 3.36. The third kappa shape index (κ3) is 4.93. The summed E-state index contributed by atoms with van der Waals surface area (Å²) in [6.45, 7) is 4.00. The normalized spacial score (nSPS) is 13.8. The second-order valence-corrected chi connectivity index (χ2v) is 7.53. The van der Waals surface area contributed by atoms with Crippen molar-refractivity contribution >= 4 is 29.0 Å². The summed E-state index contributed by atoms with van der Waals surface area (Å²) in [5.41, 5.74) is 1.58. The first-order valence-corrected chi connectivity index (χ1v) is 10.1. The number of aromatic nitrogens is 5. The molecule has 1 aliphatic rings. The van der Waals surface area contributed by atoms with Crippen LogP contribution in [0.25, 0.3) is 11.3 Å². The van der Waals surface area contributed by atoms with E-state index in [0.717, 1.165) is 38.7 Å². The van der Waals surface area contributed by atoms with Gasteiger partial charge in [-0.15, -0.1) is 0 Å². The van der Waals surface area contributed by atoms with Crippen molar-refractivity contribution in [2.24, 2.45) is 0 Å². The topological polar surface area (TPSA) is 109 Å². The van der Waals surface area contributed by atoms with Gasteiger partial charge in [0.25, 0.3) is 0 Å². The molecule has 1 amide bonds. The van der Waals surface area contributed by atoms with E-state index in [0.29, 0.717) is 22.8 Å². The summed E-state index contributed by atoms with van der Waals surface area (Å²) in [5.74, 6) is -2.82. The molecule has 0 bridgehead atoms. The third-order valence-corrected chi connectivity index (χ3v) is 4.86. The zero-order valence-corrected chi connectivity index (χ0v) is 17.6. The fourth-order valence-corrected chi connectivity index (χ4v) is 3.36. The summed E-state index contributed by atoms with van der Waals surface area (Å²) in [5, 5.41) is 5.62. The predicted molar refractivity (Wildman–Crippen MR) is 116 cm³/mol. The standard InChI is InChI=1S/C21H22F2N8O/c1-13(32)28-18-9-15(29-17-5-6-24-20(30-17)21(2,22)23)14(10-26-18)16-11-27-19(12-25-16)31-7-3-4-8-31/h5-6,9-12H,3-4,7-8H2,1-2H3,(H2,24,26,28,29,30,32). The van der Waals surface area contributed by atoms with E-state index in [9.17, 15) is 13.6 Å². The summed E-state index contributed by atoms with van der Waals surface area (Å²) >= 11 is 0. The Morgan fingerprint density at radius 1 is 1.06 bits per heavy atom. The quantitative estimate of drug-likeness (QED) is 0.597. The molecule has 0 radical (unpaired) electrons. The van der Waals surface area contributed by atoms with Crippen molar-refractivity contribution in [2.45, 2.75) is 32.6 Å². The van der Waals surface area contributed by atoms with E-state index >= 15 is 0 Å². The van der Waals surface area contributed by atoms with Crippen LogP contribution in [0, 0.1) is 0 Å². The average Bonchev–Trinajstić information content (AvgIpc) is 3.28. The zero-order chi connectivity index (χ0) is 22.7. The van der Waals surface area contributed by atoms with E-state index in [4.69, 9.17) is 0 Å². The van der Waals surface area contributed by atoms with Gasteiger partial charge in [-0.05, 0) is 18.9 Å². The molecule has 0 aliphatic carbocycles. The molecule has 1 fully saturated rings. The third-order valence-electron chi connectivity index (χ3n) is 4.86. The second kappa shape index (κ2) is 8.77. The van der Waals surface area contributed by atoms with Crippen LogP contribution in [-0.2, 0) is 10.7 Å². The van der Waals surface area contributed by atoms with Crippen molar-refractivity contribution < 1.29 is 13.6 Å². The molecule has 1 saturated heterocycles. The fraction of sp³-hybridized carbons (Fsp3) is 0.333. The Kier molecular flexibility index (Phi) is 5.89. The number of rotatable bonds is 6. The highest BCUT2D eigenvalue weighted by Gasteiger charge is 2.28. The van der Waals surface area contributed by atoms with Gasteiger partial charge in [-0.1, -0.05) is 0 Å². The van der Waals surface area contributed by atoms with Gasteiger partial charge < -0.3 is 15.5 Å². The lowest BCUT2D eigenvalue weighted by molar-refractivity contribution is -0.114. The number of pyridine rings is 1. The molecule has 0 spiro atoms. The van der Waals surface area contributed by atoms with Gasteiger partial charge in [-0.25, -0.2) is 19.9 Å². The minimum Gasteiger partial charge on any atom is -0.355 e. The lowest BCUT2D eigenvalue weighted by Crippen LogP contribution is -2.19. The molecule has 0 atom stereocenters. The van der Waals surface area contributed by atoms with Crippen LogP contribution < -0.4 is 15.5 Å². The predicted octanol–water partition coefficient (Wildman–Crippen LogP) is 3.74. The molecule has 32 heavy (non-hydrogen) atoms. The largest absolute Gasteiger partial charge is 0.355 e. The number of anilines is 4. The number of halogens is 2. The molecular formula is C21H22F2N8O. The summed E-state index contributed by atoms with van der Waals surface area (Å²) in [6.07, 6.45) is 8.38. The molecule has 11 heteroatoms. The molecule has 4 rings (SSSR count). The highest BCUT2D eigenvalue weighted by Crippen LogP contribution is 2.31. The molecule has 0 unspecified atom stereocenters. The molecular weight excluding hydrogens is 418 g/mol. The van der Waals surface area contributed by atoms with Crippen molar-refractivity contribution in [3.05, 3.63) is 42.7 Å². The minimum atomic E-state index is -3.18. The molecule has 4 heterocycles. The van der Waals surface area contributed by atoms with Crippen molar-refractivity contribution in [3.8, 4) is 11.3 Å². The number of alkyl halides is 2. The van der Waals surface area contributed by atoms with E-state index in [2.05, 4.69) is 40.5 Å². The molecule has 0 aromatic carbocycles. The van der Waals surface area contributed by atoms with Gasteiger partial charge in [0.05, 0.1) is 23.8 Å². The summed E-state index contributed by atoms with van der Waals surface area (Å²) in [7, 11) is 0. The van der Waals surface area contributed by atoms with Crippen LogP contribution in [-0.4, -0.2) is 43.9 Å². The minimum absolute atomic E-state index is 0.166. The molecule has 166 valence electrons. The van der Waals surface area contributed by atoms with Crippen LogP contribution in [0.1, 0.15) is 32.5 Å². The maximum atomic E-state index is 13.7. The highest BCUT2D eigenvalue weighted by molar-refractivity contribution is 5.89. The van der Waals surface area contributed by atoms with Gasteiger partial charge in [0, 0.05) is 51.0 Å². The maximum absolute atomic E-state index is 13.7. The molecule has 2 N–H and O–H groups in total. The summed E-state index contributed by atoms with van der Waals surface area (Å²) in [4.78, 5) is 34.5. The Bertz CT molecular complexity index is 1110. The van der Waals surface area contributed by atoms with Gasteiger partial charge in [-0.3, -0.25) is 9.78 Å². The second-order valence-electron chi connectivity index (χ2n) is 7.53. The number of carbonyl (C=O) groups excluding carboxylic acids is 1. The van der Waals surface area contributed by atoms with Crippen LogP contribution >= 0.6 is 0 Å². The lowest BCUT2D eigenvalue weighted by atomic mass is 10.1. The van der Waals surface area contributed by atoms with Gasteiger partial charge in [0.15, 0.2) is 0 Å². The SMILES string of the molecule is CC(=O)Nc1cc(Nc2ccnc(C(C)(F)F)n2)c(-c2cnc(N3CCCC3)cn2)cn1. The van der Waals surface area contributed by atoms with Crippen molar-refractivity contribution in [1.82, 2.24) is 24.9 Å². The van der Waals surface area contributed by atoms with Gasteiger partial charge in [-0.2, -0.15) is 8.78 Å². The molecule has 9 nitrogen and oxygen atoms in total. The molecule has 3 aromatic heterocycles. The Balaban J connectivity index is 1.69. The first-order chi connectivity index (χ1) is 15.3. The Morgan fingerprint density at radius 2 is 1.84 bits per heavy atom. The van der Waals surface area contributed by atoms with E-state index < -0.39 is 11.7 Å². The number of carbonyl (C=O) groups is 1. The average molecular weight is 440 g/mol. The van der Waals surface area contributed by atoms with Crippen LogP contribution in [0.3, 0.4) is 0 Å². The Hall–Kier alpha value is -3.76. The van der Waals surface area contributed by atoms with Crippen molar-refractivity contribution in [1.29, 1.82) is 0 Å².